The van der Waals surface area contributed by atoms with E-state index >= 15 is 0 Å². The summed E-state index contributed by atoms with van der Waals surface area (Å²) in [6.45, 7) is 7.83. The van der Waals surface area contributed by atoms with Crippen LogP contribution in [0.3, 0.4) is 0 Å². The highest BCUT2D eigenvalue weighted by molar-refractivity contribution is 5.42. The Labute approximate surface area is 121 Å². The van der Waals surface area contributed by atoms with Crippen molar-refractivity contribution in [3.8, 4) is 0 Å². The quantitative estimate of drug-likeness (QED) is 0.853. The maximum Gasteiger partial charge on any atom is 0.0594 e. The molecule has 0 spiro atoms. The minimum atomic E-state index is 0.186. The summed E-state index contributed by atoms with van der Waals surface area (Å²) in [6, 6.07) is 11.4. The Bertz CT molecular complexity index is 597. The maximum atomic E-state index is 4.26. The van der Waals surface area contributed by atoms with Crippen LogP contribution in [0.1, 0.15) is 49.1 Å². The summed E-state index contributed by atoms with van der Waals surface area (Å²) < 4.78 is 0. The molecule has 104 valence electrons. The molecule has 2 heteroatoms. The van der Waals surface area contributed by atoms with Crippen LogP contribution in [0, 0.1) is 0 Å². The lowest BCUT2D eigenvalue weighted by atomic mass is 9.82. The molecule has 2 heterocycles. The van der Waals surface area contributed by atoms with Crippen molar-refractivity contribution >= 4 is 0 Å². The number of nitrogens with one attached hydrogen (secondary N) is 1. The normalized spacial score (nSPS) is 18.6. The second-order valence-electron chi connectivity index (χ2n) is 6.59. The fourth-order valence-electron chi connectivity index (χ4n) is 2.86. The standard InChI is InChI=1S/C18H22N2/c1-18(2,3)15-7-6-13-8-10-20-17(16(13)11-15)14-5-4-9-19-12-14/h4-7,9,11-12,17,20H,8,10H2,1-3H3. The first-order chi connectivity index (χ1) is 9.55. The van der Waals surface area contributed by atoms with Crippen molar-refractivity contribution in [3.63, 3.8) is 0 Å². The molecule has 1 aliphatic rings. The fraction of sp³-hybridized carbons (Fsp3) is 0.389. The highest BCUT2D eigenvalue weighted by atomic mass is 14.9. The van der Waals surface area contributed by atoms with Crippen molar-refractivity contribution in [2.45, 2.75) is 38.6 Å². The molecule has 0 amide bonds. The number of hydrogen-bond donors (Lipinski definition) is 1. The molecule has 2 nitrogen and oxygen atoms in total. The molecule has 1 atom stereocenters. The third-order valence-corrected chi connectivity index (χ3v) is 4.08. The van der Waals surface area contributed by atoms with Crippen LogP contribution in [0.15, 0.2) is 42.7 Å². The van der Waals surface area contributed by atoms with Gasteiger partial charge in [0.15, 0.2) is 0 Å². The average molecular weight is 266 g/mol. The lowest BCUT2D eigenvalue weighted by Crippen LogP contribution is -2.31. The summed E-state index contributed by atoms with van der Waals surface area (Å²) in [5, 5.41) is 3.63. The summed E-state index contributed by atoms with van der Waals surface area (Å²) in [5.41, 5.74) is 5.71. The van der Waals surface area contributed by atoms with E-state index in [0.717, 1.165) is 13.0 Å². The first-order valence-corrected chi connectivity index (χ1v) is 7.32. The highest BCUT2D eigenvalue weighted by Crippen LogP contribution is 2.32. The van der Waals surface area contributed by atoms with Crippen molar-refractivity contribution < 1.29 is 0 Å². The van der Waals surface area contributed by atoms with E-state index in [2.05, 4.69) is 55.3 Å². The van der Waals surface area contributed by atoms with Gasteiger partial charge in [-0.3, -0.25) is 4.98 Å². The monoisotopic (exact) mass is 266 g/mol. The number of aromatic nitrogens is 1. The zero-order chi connectivity index (χ0) is 14.2. The number of benzene rings is 1. The molecule has 0 bridgehead atoms. The summed E-state index contributed by atoms with van der Waals surface area (Å²) >= 11 is 0. The SMILES string of the molecule is CC(C)(C)c1ccc2c(c1)C(c1cccnc1)NCC2. The molecule has 1 aliphatic heterocycles. The van der Waals surface area contributed by atoms with Crippen LogP contribution in [0.4, 0.5) is 0 Å². The van der Waals surface area contributed by atoms with Gasteiger partial charge in [-0.05, 0) is 40.2 Å². The Morgan fingerprint density at radius 1 is 1.20 bits per heavy atom. The molecule has 1 aromatic heterocycles. The Morgan fingerprint density at radius 3 is 2.75 bits per heavy atom. The largest absolute Gasteiger partial charge is 0.306 e. The van der Waals surface area contributed by atoms with Crippen LogP contribution in [0.25, 0.3) is 0 Å². The van der Waals surface area contributed by atoms with E-state index < -0.39 is 0 Å². The summed E-state index contributed by atoms with van der Waals surface area (Å²) in [4.78, 5) is 4.26. The van der Waals surface area contributed by atoms with Gasteiger partial charge in [-0.15, -0.1) is 0 Å². The van der Waals surface area contributed by atoms with Gasteiger partial charge in [0.1, 0.15) is 0 Å². The minimum Gasteiger partial charge on any atom is -0.306 e. The molecule has 1 N–H and O–H groups in total. The van der Waals surface area contributed by atoms with Crippen LogP contribution in [-0.2, 0) is 11.8 Å². The van der Waals surface area contributed by atoms with Crippen molar-refractivity contribution in [1.29, 1.82) is 0 Å². The minimum absolute atomic E-state index is 0.186. The van der Waals surface area contributed by atoms with Crippen molar-refractivity contribution in [2.24, 2.45) is 0 Å². The molecule has 3 rings (SSSR count). The predicted molar refractivity (Wildman–Crippen MR) is 82.9 cm³/mol. The molecule has 1 unspecified atom stereocenters. The van der Waals surface area contributed by atoms with Gasteiger partial charge < -0.3 is 5.32 Å². The second-order valence-corrected chi connectivity index (χ2v) is 6.59. The summed E-state index contributed by atoms with van der Waals surface area (Å²) in [6.07, 6.45) is 4.91. The van der Waals surface area contributed by atoms with E-state index in [1.54, 1.807) is 0 Å². The van der Waals surface area contributed by atoms with E-state index in [9.17, 15) is 0 Å². The molecule has 20 heavy (non-hydrogen) atoms. The lowest BCUT2D eigenvalue weighted by Gasteiger charge is -2.30. The van der Waals surface area contributed by atoms with Gasteiger partial charge >= 0.3 is 0 Å². The van der Waals surface area contributed by atoms with Crippen LogP contribution >= 0.6 is 0 Å². The van der Waals surface area contributed by atoms with Crippen LogP contribution in [0.5, 0.6) is 0 Å². The molecule has 2 aromatic rings. The third-order valence-electron chi connectivity index (χ3n) is 4.08. The van der Waals surface area contributed by atoms with E-state index in [1.807, 2.05) is 18.5 Å². The van der Waals surface area contributed by atoms with Gasteiger partial charge in [0, 0.05) is 18.9 Å². The molecule has 0 fully saturated rings. The molecule has 1 aromatic carbocycles. The van der Waals surface area contributed by atoms with Crippen molar-refractivity contribution in [2.75, 3.05) is 6.54 Å². The van der Waals surface area contributed by atoms with Gasteiger partial charge in [0.25, 0.3) is 0 Å². The Hall–Kier alpha value is -1.67. The van der Waals surface area contributed by atoms with E-state index in [1.165, 1.54) is 22.3 Å². The molecule has 0 saturated heterocycles. The molecular formula is C18H22N2. The Balaban J connectivity index is 2.07. The van der Waals surface area contributed by atoms with E-state index in [4.69, 9.17) is 0 Å². The number of pyridine rings is 1. The van der Waals surface area contributed by atoms with Crippen molar-refractivity contribution in [1.82, 2.24) is 10.3 Å². The third kappa shape index (κ3) is 2.48. The van der Waals surface area contributed by atoms with Gasteiger partial charge in [-0.25, -0.2) is 0 Å². The average Bonchev–Trinajstić information content (AvgIpc) is 2.46. The van der Waals surface area contributed by atoms with Gasteiger partial charge in [-0.1, -0.05) is 45.0 Å². The predicted octanol–water partition coefficient (Wildman–Crippen LogP) is 3.61. The number of fused-ring (bicyclic) bond motifs is 1. The van der Waals surface area contributed by atoms with Crippen LogP contribution in [0.2, 0.25) is 0 Å². The van der Waals surface area contributed by atoms with E-state index in [0.29, 0.717) is 0 Å². The Morgan fingerprint density at radius 2 is 2.05 bits per heavy atom. The summed E-state index contributed by atoms with van der Waals surface area (Å²) in [5.74, 6) is 0. The molecule has 0 radical (unpaired) electrons. The zero-order valence-corrected chi connectivity index (χ0v) is 12.5. The molecular weight excluding hydrogens is 244 g/mol. The van der Waals surface area contributed by atoms with Gasteiger partial charge in [-0.2, -0.15) is 0 Å². The smallest absolute Gasteiger partial charge is 0.0594 e. The Kier molecular flexibility index (Phi) is 3.35. The first-order valence-electron chi connectivity index (χ1n) is 7.32. The van der Waals surface area contributed by atoms with Crippen molar-refractivity contribution in [3.05, 3.63) is 65.0 Å². The van der Waals surface area contributed by atoms with E-state index in [-0.39, 0.29) is 11.5 Å². The topological polar surface area (TPSA) is 24.9 Å². The highest BCUT2D eigenvalue weighted by Gasteiger charge is 2.23. The fourth-order valence-corrected chi connectivity index (χ4v) is 2.86. The zero-order valence-electron chi connectivity index (χ0n) is 12.5. The number of hydrogen-bond acceptors (Lipinski definition) is 2. The van der Waals surface area contributed by atoms with Gasteiger partial charge in [0.05, 0.1) is 6.04 Å². The first kappa shape index (κ1) is 13.3. The van der Waals surface area contributed by atoms with Crippen LogP contribution in [-0.4, -0.2) is 11.5 Å². The second kappa shape index (κ2) is 5.02. The number of nitrogens with zero attached hydrogens (tertiary/aromatic N) is 1. The maximum absolute atomic E-state index is 4.26. The van der Waals surface area contributed by atoms with Crippen LogP contribution < -0.4 is 5.32 Å². The molecule has 0 aliphatic carbocycles. The summed E-state index contributed by atoms with van der Waals surface area (Å²) in [7, 11) is 0. The lowest BCUT2D eigenvalue weighted by molar-refractivity contribution is 0.554. The number of rotatable bonds is 1. The van der Waals surface area contributed by atoms with Gasteiger partial charge in [0.2, 0.25) is 0 Å². The molecule has 0 saturated carbocycles.